The highest BCUT2D eigenvalue weighted by molar-refractivity contribution is 8.00. The van der Waals surface area contributed by atoms with Gasteiger partial charge in [-0.05, 0) is 30.9 Å². The van der Waals surface area contributed by atoms with E-state index in [9.17, 15) is 0 Å². The van der Waals surface area contributed by atoms with Crippen LogP contribution in [0.15, 0.2) is 23.1 Å². The Morgan fingerprint density at radius 2 is 2.18 bits per heavy atom. The third-order valence-corrected chi connectivity index (χ3v) is 4.79. The van der Waals surface area contributed by atoms with Gasteiger partial charge in [0.15, 0.2) is 0 Å². The number of anilines is 1. The van der Waals surface area contributed by atoms with Crippen LogP contribution in [0.2, 0.25) is 0 Å². The van der Waals surface area contributed by atoms with Gasteiger partial charge in [0.1, 0.15) is 5.75 Å². The number of nitrogens with two attached hydrogens (primary N) is 1. The summed E-state index contributed by atoms with van der Waals surface area (Å²) in [6.07, 6.45) is 5.38. The zero-order valence-corrected chi connectivity index (χ0v) is 11.4. The number of nitrogen functional groups attached to an aromatic ring is 1. The second-order valence-electron chi connectivity index (χ2n) is 4.92. The third kappa shape index (κ3) is 3.32. The van der Waals surface area contributed by atoms with E-state index >= 15 is 0 Å². The first kappa shape index (κ1) is 12.6. The second kappa shape index (κ2) is 5.67. The Morgan fingerprint density at radius 3 is 2.82 bits per heavy atom. The first-order valence-electron chi connectivity index (χ1n) is 6.29. The molecule has 2 atom stereocenters. The number of methoxy groups -OCH3 is 1. The van der Waals surface area contributed by atoms with E-state index in [2.05, 4.69) is 13.0 Å². The van der Waals surface area contributed by atoms with Crippen molar-refractivity contribution < 1.29 is 4.74 Å². The van der Waals surface area contributed by atoms with Crippen LogP contribution in [0, 0.1) is 5.92 Å². The summed E-state index contributed by atoms with van der Waals surface area (Å²) < 4.78 is 5.17. The van der Waals surface area contributed by atoms with Crippen molar-refractivity contribution in [3.05, 3.63) is 18.2 Å². The van der Waals surface area contributed by atoms with Crippen molar-refractivity contribution in [2.45, 2.75) is 42.8 Å². The lowest BCUT2D eigenvalue weighted by Crippen LogP contribution is -2.15. The molecule has 2 rings (SSSR count). The molecule has 0 amide bonds. The van der Waals surface area contributed by atoms with Crippen LogP contribution in [-0.4, -0.2) is 12.4 Å². The SMILES string of the molecule is COc1ccc(SC2CCCC(C)C2)c(N)c1. The van der Waals surface area contributed by atoms with E-state index in [1.54, 1.807) is 7.11 Å². The third-order valence-electron chi connectivity index (χ3n) is 3.40. The highest BCUT2D eigenvalue weighted by Gasteiger charge is 2.20. The summed E-state index contributed by atoms with van der Waals surface area (Å²) in [6.45, 7) is 2.35. The van der Waals surface area contributed by atoms with Crippen LogP contribution in [0.1, 0.15) is 32.6 Å². The fourth-order valence-electron chi connectivity index (χ4n) is 2.43. The van der Waals surface area contributed by atoms with Crippen LogP contribution < -0.4 is 10.5 Å². The van der Waals surface area contributed by atoms with E-state index in [0.29, 0.717) is 0 Å². The van der Waals surface area contributed by atoms with E-state index in [1.165, 1.54) is 30.6 Å². The molecule has 17 heavy (non-hydrogen) atoms. The Balaban J connectivity index is 2.02. The number of ether oxygens (including phenoxy) is 1. The van der Waals surface area contributed by atoms with Gasteiger partial charge in [0, 0.05) is 21.9 Å². The maximum atomic E-state index is 6.05. The molecular formula is C14H21NOS. The molecule has 0 spiro atoms. The van der Waals surface area contributed by atoms with Crippen LogP contribution in [0.3, 0.4) is 0 Å². The first-order valence-corrected chi connectivity index (χ1v) is 7.17. The molecule has 1 aliphatic carbocycles. The molecule has 1 saturated carbocycles. The average molecular weight is 251 g/mol. The van der Waals surface area contributed by atoms with Gasteiger partial charge >= 0.3 is 0 Å². The summed E-state index contributed by atoms with van der Waals surface area (Å²) in [5, 5.41) is 0.731. The van der Waals surface area contributed by atoms with E-state index in [1.807, 2.05) is 23.9 Å². The average Bonchev–Trinajstić information content (AvgIpc) is 2.32. The van der Waals surface area contributed by atoms with Gasteiger partial charge in [0.05, 0.1) is 7.11 Å². The van der Waals surface area contributed by atoms with E-state index in [4.69, 9.17) is 10.5 Å². The summed E-state index contributed by atoms with van der Waals surface area (Å²) in [5.41, 5.74) is 6.89. The van der Waals surface area contributed by atoms with E-state index < -0.39 is 0 Å². The minimum Gasteiger partial charge on any atom is -0.497 e. The van der Waals surface area contributed by atoms with Crippen LogP contribution in [0.5, 0.6) is 5.75 Å². The van der Waals surface area contributed by atoms with Gasteiger partial charge < -0.3 is 10.5 Å². The van der Waals surface area contributed by atoms with Gasteiger partial charge in [-0.15, -0.1) is 11.8 Å². The highest BCUT2D eigenvalue weighted by atomic mass is 32.2. The summed E-state index contributed by atoms with van der Waals surface area (Å²) in [4.78, 5) is 1.20. The first-order chi connectivity index (χ1) is 8.19. The molecule has 1 aromatic carbocycles. The molecule has 1 aliphatic rings. The lowest BCUT2D eigenvalue weighted by atomic mass is 9.91. The number of rotatable bonds is 3. The fourth-order valence-corrected chi connectivity index (χ4v) is 3.84. The molecule has 1 aromatic rings. The predicted octanol–water partition coefficient (Wildman–Crippen LogP) is 3.95. The molecule has 2 nitrogen and oxygen atoms in total. The Labute approximate surface area is 108 Å². The van der Waals surface area contributed by atoms with Crippen molar-refractivity contribution >= 4 is 17.4 Å². The fraction of sp³-hybridized carbons (Fsp3) is 0.571. The van der Waals surface area contributed by atoms with Crippen molar-refractivity contribution in [1.82, 2.24) is 0 Å². The monoisotopic (exact) mass is 251 g/mol. The maximum Gasteiger partial charge on any atom is 0.120 e. The number of hydrogen-bond acceptors (Lipinski definition) is 3. The van der Waals surface area contributed by atoms with Gasteiger partial charge in [-0.3, -0.25) is 0 Å². The molecule has 2 unspecified atom stereocenters. The Hall–Kier alpha value is -0.830. The summed E-state index contributed by atoms with van der Waals surface area (Å²) in [5.74, 6) is 1.70. The molecule has 0 aromatic heterocycles. The van der Waals surface area contributed by atoms with Gasteiger partial charge in [-0.25, -0.2) is 0 Å². The largest absolute Gasteiger partial charge is 0.497 e. The zero-order chi connectivity index (χ0) is 12.3. The highest BCUT2D eigenvalue weighted by Crippen LogP contribution is 2.39. The van der Waals surface area contributed by atoms with Crippen LogP contribution >= 0.6 is 11.8 Å². The summed E-state index contributed by atoms with van der Waals surface area (Å²) in [6, 6.07) is 5.98. The van der Waals surface area contributed by atoms with Crippen molar-refractivity contribution in [2.75, 3.05) is 12.8 Å². The normalized spacial score (nSPS) is 24.6. The van der Waals surface area contributed by atoms with Crippen LogP contribution in [-0.2, 0) is 0 Å². The second-order valence-corrected chi connectivity index (χ2v) is 6.26. The van der Waals surface area contributed by atoms with Crippen molar-refractivity contribution in [3.8, 4) is 5.75 Å². The van der Waals surface area contributed by atoms with Gasteiger partial charge in [0.2, 0.25) is 0 Å². The Morgan fingerprint density at radius 1 is 1.35 bits per heavy atom. The Bertz CT molecular complexity index is 380. The van der Waals surface area contributed by atoms with Crippen LogP contribution in [0.4, 0.5) is 5.69 Å². The van der Waals surface area contributed by atoms with Gasteiger partial charge in [-0.1, -0.05) is 19.8 Å². The van der Waals surface area contributed by atoms with Gasteiger partial charge in [0.25, 0.3) is 0 Å². The minimum atomic E-state index is 0.731. The molecule has 0 saturated heterocycles. The molecule has 0 radical (unpaired) electrons. The number of hydrogen-bond donors (Lipinski definition) is 1. The zero-order valence-electron chi connectivity index (χ0n) is 10.6. The lowest BCUT2D eigenvalue weighted by Gasteiger charge is -2.26. The topological polar surface area (TPSA) is 35.2 Å². The predicted molar refractivity (Wildman–Crippen MR) is 74.7 cm³/mol. The molecule has 94 valence electrons. The molecule has 3 heteroatoms. The standard InChI is InChI=1S/C14H21NOS/c1-10-4-3-5-12(8-10)17-14-7-6-11(16-2)9-13(14)15/h6-7,9-10,12H,3-5,8,15H2,1-2H3. The Kier molecular flexibility index (Phi) is 4.21. The lowest BCUT2D eigenvalue weighted by molar-refractivity contribution is 0.394. The minimum absolute atomic E-state index is 0.731. The molecule has 0 aliphatic heterocycles. The van der Waals surface area contributed by atoms with E-state index in [0.717, 1.165) is 22.6 Å². The quantitative estimate of drug-likeness (QED) is 0.826. The molecule has 1 fully saturated rings. The molecule has 2 N–H and O–H groups in total. The van der Waals surface area contributed by atoms with Crippen molar-refractivity contribution in [2.24, 2.45) is 5.92 Å². The smallest absolute Gasteiger partial charge is 0.120 e. The maximum absolute atomic E-state index is 6.05. The van der Waals surface area contributed by atoms with E-state index in [-0.39, 0.29) is 0 Å². The molecular weight excluding hydrogens is 230 g/mol. The van der Waals surface area contributed by atoms with Crippen molar-refractivity contribution in [3.63, 3.8) is 0 Å². The number of thioether (sulfide) groups is 1. The summed E-state index contributed by atoms with van der Waals surface area (Å²) in [7, 11) is 1.67. The van der Waals surface area contributed by atoms with Crippen LogP contribution in [0.25, 0.3) is 0 Å². The molecule has 0 heterocycles. The summed E-state index contributed by atoms with van der Waals surface area (Å²) >= 11 is 1.93. The number of benzene rings is 1. The van der Waals surface area contributed by atoms with Gasteiger partial charge in [-0.2, -0.15) is 0 Å². The molecule has 0 bridgehead atoms. The van der Waals surface area contributed by atoms with Crippen molar-refractivity contribution in [1.29, 1.82) is 0 Å².